The van der Waals surface area contributed by atoms with Gasteiger partial charge in [-0.05, 0) is 47.2 Å². The highest BCUT2D eigenvalue weighted by molar-refractivity contribution is 6.11. The van der Waals surface area contributed by atoms with E-state index in [0.717, 1.165) is 49.7 Å². The lowest BCUT2D eigenvalue weighted by Crippen LogP contribution is -1.97. The molecule has 0 radical (unpaired) electrons. The molecule has 0 spiro atoms. The van der Waals surface area contributed by atoms with Gasteiger partial charge in [-0.1, -0.05) is 103 Å². The molecule has 42 heavy (non-hydrogen) atoms. The van der Waals surface area contributed by atoms with Gasteiger partial charge in [-0.2, -0.15) is 9.50 Å². The molecule has 3 heterocycles. The van der Waals surface area contributed by atoms with Gasteiger partial charge in [0, 0.05) is 33.0 Å². The van der Waals surface area contributed by atoms with Crippen molar-refractivity contribution in [3.05, 3.63) is 140 Å². The first-order valence-corrected chi connectivity index (χ1v) is 14.1. The largest absolute Gasteiger partial charge is 0.309 e. The van der Waals surface area contributed by atoms with Crippen molar-refractivity contribution < 1.29 is 0 Å². The SMILES string of the molecule is c1ccc(-n2c3ccccc3c3cc(-c4nc5nc(-c6cccc7ccccc67)nn5c5ccccc45)ccc32)cc1. The van der Waals surface area contributed by atoms with Gasteiger partial charge in [0.15, 0.2) is 5.82 Å². The molecular formula is C37H23N5. The van der Waals surface area contributed by atoms with Crippen LogP contribution in [0.2, 0.25) is 0 Å². The predicted molar refractivity (Wildman–Crippen MR) is 171 cm³/mol. The van der Waals surface area contributed by atoms with Crippen LogP contribution in [0.4, 0.5) is 0 Å². The van der Waals surface area contributed by atoms with E-state index in [1.54, 1.807) is 0 Å². The summed E-state index contributed by atoms with van der Waals surface area (Å²) in [6, 6.07) is 48.7. The Morgan fingerprint density at radius 3 is 2.05 bits per heavy atom. The number of nitrogens with zero attached hydrogens (tertiary/aromatic N) is 5. The van der Waals surface area contributed by atoms with E-state index >= 15 is 0 Å². The van der Waals surface area contributed by atoms with Crippen molar-refractivity contribution in [3.8, 4) is 28.3 Å². The third kappa shape index (κ3) is 3.34. The fraction of sp³-hybridized carbons (Fsp3) is 0. The summed E-state index contributed by atoms with van der Waals surface area (Å²) >= 11 is 0. The average molecular weight is 538 g/mol. The normalized spacial score (nSPS) is 11.8. The van der Waals surface area contributed by atoms with Crippen LogP contribution in [0.25, 0.3) is 77.6 Å². The molecule has 0 aliphatic carbocycles. The van der Waals surface area contributed by atoms with Gasteiger partial charge in [-0.25, -0.2) is 4.98 Å². The van der Waals surface area contributed by atoms with Gasteiger partial charge in [0.05, 0.1) is 22.2 Å². The Morgan fingerprint density at radius 1 is 0.476 bits per heavy atom. The second-order valence-electron chi connectivity index (χ2n) is 10.6. The number of para-hydroxylation sites is 3. The Labute approximate surface area is 240 Å². The summed E-state index contributed by atoms with van der Waals surface area (Å²) in [5.74, 6) is 1.25. The van der Waals surface area contributed by atoms with E-state index in [2.05, 4.69) is 138 Å². The van der Waals surface area contributed by atoms with E-state index in [1.165, 1.54) is 16.3 Å². The molecule has 9 rings (SSSR count). The maximum atomic E-state index is 5.13. The quantitative estimate of drug-likeness (QED) is 0.226. The van der Waals surface area contributed by atoms with Crippen LogP contribution in [0, 0.1) is 0 Å². The number of aromatic nitrogens is 5. The molecule has 0 N–H and O–H groups in total. The first-order chi connectivity index (χ1) is 20.8. The lowest BCUT2D eigenvalue weighted by atomic mass is 10.0. The van der Waals surface area contributed by atoms with Crippen molar-refractivity contribution >= 4 is 49.3 Å². The Morgan fingerprint density at radius 2 is 1.17 bits per heavy atom. The number of hydrogen-bond acceptors (Lipinski definition) is 3. The summed E-state index contributed by atoms with van der Waals surface area (Å²) in [7, 11) is 0. The fourth-order valence-corrected chi connectivity index (χ4v) is 6.29. The maximum absolute atomic E-state index is 5.13. The van der Waals surface area contributed by atoms with Crippen LogP contribution < -0.4 is 0 Å². The molecule has 9 aromatic rings. The maximum Gasteiger partial charge on any atom is 0.253 e. The molecule has 3 aromatic heterocycles. The summed E-state index contributed by atoms with van der Waals surface area (Å²) in [5.41, 5.74) is 7.41. The highest BCUT2D eigenvalue weighted by Gasteiger charge is 2.18. The van der Waals surface area contributed by atoms with E-state index in [0.29, 0.717) is 11.6 Å². The van der Waals surface area contributed by atoms with Crippen LogP contribution in [0.15, 0.2) is 140 Å². The Bertz CT molecular complexity index is 2460. The third-order valence-electron chi connectivity index (χ3n) is 8.18. The van der Waals surface area contributed by atoms with Gasteiger partial charge in [-0.15, -0.1) is 5.10 Å². The van der Waals surface area contributed by atoms with E-state index in [9.17, 15) is 0 Å². The Kier molecular flexibility index (Phi) is 4.83. The van der Waals surface area contributed by atoms with Gasteiger partial charge in [0.25, 0.3) is 5.78 Å². The molecule has 0 atom stereocenters. The van der Waals surface area contributed by atoms with Crippen LogP contribution in [0.5, 0.6) is 0 Å². The van der Waals surface area contributed by atoms with Gasteiger partial charge < -0.3 is 4.57 Å². The van der Waals surface area contributed by atoms with Crippen LogP contribution in [0.1, 0.15) is 0 Å². The monoisotopic (exact) mass is 537 g/mol. The van der Waals surface area contributed by atoms with E-state index in [-0.39, 0.29) is 0 Å². The summed E-state index contributed by atoms with van der Waals surface area (Å²) in [4.78, 5) is 10.1. The minimum Gasteiger partial charge on any atom is -0.309 e. The summed E-state index contributed by atoms with van der Waals surface area (Å²) in [5, 5.41) is 10.7. The Hall–Kier alpha value is -5.81. The summed E-state index contributed by atoms with van der Waals surface area (Å²) < 4.78 is 4.20. The first kappa shape index (κ1) is 22.9. The Balaban J connectivity index is 1.29. The van der Waals surface area contributed by atoms with Crippen molar-refractivity contribution in [2.45, 2.75) is 0 Å². The molecule has 0 saturated carbocycles. The van der Waals surface area contributed by atoms with Crippen molar-refractivity contribution in [1.29, 1.82) is 0 Å². The molecule has 196 valence electrons. The molecule has 0 aliphatic rings. The van der Waals surface area contributed by atoms with Crippen molar-refractivity contribution in [2.75, 3.05) is 0 Å². The molecule has 0 aliphatic heterocycles. The van der Waals surface area contributed by atoms with Crippen molar-refractivity contribution in [3.63, 3.8) is 0 Å². The molecule has 0 saturated heterocycles. The highest BCUT2D eigenvalue weighted by atomic mass is 15.3. The number of fused-ring (bicyclic) bond motifs is 7. The molecule has 5 heteroatoms. The zero-order valence-corrected chi connectivity index (χ0v) is 22.5. The molecule has 0 amide bonds. The lowest BCUT2D eigenvalue weighted by Gasteiger charge is -2.09. The minimum atomic E-state index is 0.582. The first-order valence-electron chi connectivity index (χ1n) is 14.1. The zero-order valence-electron chi connectivity index (χ0n) is 22.5. The zero-order chi connectivity index (χ0) is 27.6. The van der Waals surface area contributed by atoms with Crippen molar-refractivity contribution in [1.82, 2.24) is 24.1 Å². The number of hydrogen-bond donors (Lipinski definition) is 0. The number of rotatable bonds is 3. The third-order valence-corrected chi connectivity index (χ3v) is 8.18. The lowest BCUT2D eigenvalue weighted by molar-refractivity contribution is 0.989. The van der Waals surface area contributed by atoms with Crippen molar-refractivity contribution in [2.24, 2.45) is 0 Å². The predicted octanol–water partition coefficient (Wildman–Crippen LogP) is 8.86. The molecular weight excluding hydrogens is 514 g/mol. The molecule has 5 nitrogen and oxygen atoms in total. The van der Waals surface area contributed by atoms with Gasteiger partial charge in [-0.3, -0.25) is 0 Å². The topological polar surface area (TPSA) is 48.0 Å². The van der Waals surface area contributed by atoms with Gasteiger partial charge in [0.2, 0.25) is 0 Å². The van der Waals surface area contributed by atoms with E-state index < -0.39 is 0 Å². The van der Waals surface area contributed by atoms with E-state index in [1.807, 2.05) is 10.6 Å². The summed E-state index contributed by atoms with van der Waals surface area (Å²) in [6.07, 6.45) is 0. The van der Waals surface area contributed by atoms with Crippen LogP contribution >= 0.6 is 0 Å². The summed E-state index contributed by atoms with van der Waals surface area (Å²) in [6.45, 7) is 0. The van der Waals surface area contributed by atoms with Gasteiger partial charge in [0.1, 0.15) is 0 Å². The van der Waals surface area contributed by atoms with Gasteiger partial charge >= 0.3 is 0 Å². The minimum absolute atomic E-state index is 0.582. The highest BCUT2D eigenvalue weighted by Crippen LogP contribution is 2.36. The molecule has 0 fully saturated rings. The van der Waals surface area contributed by atoms with Crippen LogP contribution in [-0.2, 0) is 0 Å². The number of benzene rings is 6. The standard InChI is InChI=1S/C37H23N5/c1-2-13-26(14-3-1)41-32-19-8-6-16-28(32)31-23-25(21-22-33(31)41)35-30-17-7-9-20-34(30)42-37(38-35)39-36(40-42)29-18-10-12-24-11-4-5-15-27(24)29/h1-23H. The molecule has 0 bridgehead atoms. The molecule has 6 aromatic carbocycles. The molecule has 0 unspecified atom stereocenters. The smallest absolute Gasteiger partial charge is 0.253 e. The fourth-order valence-electron chi connectivity index (χ4n) is 6.29. The second kappa shape index (κ2) is 8.85. The van der Waals surface area contributed by atoms with Crippen LogP contribution in [0.3, 0.4) is 0 Å². The van der Waals surface area contributed by atoms with E-state index in [4.69, 9.17) is 15.1 Å². The van der Waals surface area contributed by atoms with Crippen LogP contribution in [-0.4, -0.2) is 24.1 Å². The average Bonchev–Trinajstić information content (AvgIpc) is 3.64. The second-order valence-corrected chi connectivity index (χ2v) is 10.6.